The molecule has 3 saturated heterocycles. The molecule has 2 aromatic heterocycles. The summed E-state index contributed by atoms with van der Waals surface area (Å²) in [6.45, 7) is 7.69. The average molecular weight is 717 g/mol. The maximum atomic E-state index is 15.0. The van der Waals surface area contributed by atoms with Gasteiger partial charge in [-0.3, -0.25) is 14.6 Å². The molecule has 0 unspecified atom stereocenters. The number of piperazine rings is 1. The second-order valence-electron chi connectivity index (χ2n) is 12.9. The van der Waals surface area contributed by atoms with Crippen molar-refractivity contribution in [1.82, 2.24) is 30.0 Å². The van der Waals surface area contributed by atoms with Crippen molar-refractivity contribution < 1.29 is 32.2 Å². The number of anilines is 1. The Hall–Kier alpha value is -4.82. The lowest BCUT2D eigenvalue weighted by molar-refractivity contribution is -0.121. The number of carbonyl (C=O) groups is 2. The highest BCUT2D eigenvalue weighted by molar-refractivity contribution is 7.93. The van der Waals surface area contributed by atoms with Crippen LogP contribution >= 0.6 is 0 Å². The summed E-state index contributed by atoms with van der Waals surface area (Å²) in [4.78, 5) is 44.4. The number of nitriles is 1. The van der Waals surface area contributed by atoms with Gasteiger partial charge in [0.05, 0.1) is 62.1 Å². The van der Waals surface area contributed by atoms with Crippen molar-refractivity contribution in [3.63, 3.8) is 0 Å². The number of carbonyl (C=O) groups excluding carboxylic acids is 2. The van der Waals surface area contributed by atoms with E-state index >= 15 is 4.79 Å². The molecule has 4 aliphatic heterocycles. The first-order valence-corrected chi connectivity index (χ1v) is 18.5. The van der Waals surface area contributed by atoms with E-state index in [9.17, 15) is 18.5 Å². The zero-order valence-corrected chi connectivity index (χ0v) is 29.3. The molecule has 0 aliphatic carbocycles. The van der Waals surface area contributed by atoms with Gasteiger partial charge in [-0.05, 0) is 62.2 Å². The van der Waals surface area contributed by atoms with Crippen molar-refractivity contribution in [1.29, 1.82) is 5.26 Å². The third kappa shape index (κ3) is 6.13. The number of nitrogens with zero attached hydrogens (tertiary/aromatic N) is 7. The molecule has 1 atom stereocenters. The minimum Gasteiger partial charge on any atom is -0.495 e. The van der Waals surface area contributed by atoms with E-state index in [0.717, 1.165) is 39.1 Å². The summed E-state index contributed by atoms with van der Waals surface area (Å²) in [6, 6.07) is 12.5. The van der Waals surface area contributed by atoms with Crippen LogP contribution in [0.5, 0.6) is 11.6 Å². The summed E-state index contributed by atoms with van der Waals surface area (Å²) in [6.07, 6.45) is 4.82. The fourth-order valence-electron chi connectivity index (χ4n) is 7.39. The van der Waals surface area contributed by atoms with Gasteiger partial charge in [-0.2, -0.15) is 18.0 Å². The summed E-state index contributed by atoms with van der Waals surface area (Å²) in [5.41, 5.74) is -1.79. The fourth-order valence-corrected chi connectivity index (χ4v) is 8.77. The zero-order chi connectivity index (χ0) is 35.8. The fraction of sp³-hybridized carbons (Fsp3) is 0.457. The molecule has 6 heterocycles. The number of urea groups is 1. The van der Waals surface area contributed by atoms with Crippen LogP contribution < -0.4 is 19.1 Å². The molecular weight excluding hydrogens is 677 g/mol. The Morgan fingerprint density at radius 1 is 1.02 bits per heavy atom. The molecule has 3 amide bonds. The predicted molar refractivity (Wildman–Crippen MR) is 184 cm³/mol. The van der Waals surface area contributed by atoms with Gasteiger partial charge in [-0.15, -0.1) is 0 Å². The van der Waals surface area contributed by atoms with Crippen LogP contribution in [-0.2, 0) is 25.1 Å². The van der Waals surface area contributed by atoms with Crippen LogP contribution in [-0.4, -0.2) is 123 Å². The van der Waals surface area contributed by atoms with Crippen LogP contribution in [0.2, 0.25) is 0 Å². The lowest BCUT2D eigenvalue weighted by Gasteiger charge is -2.46. The van der Waals surface area contributed by atoms with Crippen molar-refractivity contribution in [3.8, 4) is 17.7 Å². The number of methoxy groups -OCH3 is 1. The lowest BCUT2D eigenvalue weighted by atomic mass is 9.83. The highest BCUT2D eigenvalue weighted by Gasteiger charge is 2.59. The molecule has 0 saturated carbocycles. The van der Waals surface area contributed by atoms with Crippen LogP contribution in [0.3, 0.4) is 0 Å². The standard InChI is InChI=1S/C35H40N8O7S/c1-3-50-32-28(5-4-12-37-32)35(39-34(45)42-17-15-41(16-18-42)25-10-13-40(14-11-25)26-22-49-23-26)29-19-24(20-36)6-8-30(29)43(33(35)44)51(46,47)31-9-7-27(48-2)21-38-31/h4-9,12,19,21,25-26H,3,10-11,13-18,22-23H2,1-2H3,(H,39,45)/t35-/m1/s1. The van der Waals surface area contributed by atoms with Crippen LogP contribution in [0.4, 0.5) is 10.5 Å². The van der Waals surface area contributed by atoms with Crippen molar-refractivity contribution >= 4 is 27.6 Å². The number of amides is 3. The largest absolute Gasteiger partial charge is 0.495 e. The third-order valence-electron chi connectivity index (χ3n) is 10.2. The molecule has 4 aliphatic rings. The Morgan fingerprint density at radius 2 is 1.76 bits per heavy atom. The van der Waals surface area contributed by atoms with Gasteiger partial charge in [0.1, 0.15) is 5.75 Å². The van der Waals surface area contributed by atoms with Gasteiger partial charge < -0.3 is 24.4 Å². The lowest BCUT2D eigenvalue weighted by Crippen LogP contribution is -2.61. The molecule has 51 heavy (non-hydrogen) atoms. The summed E-state index contributed by atoms with van der Waals surface area (Å²) in [7, 11) is -3.22. The third-order valence-corrected chi connectivity index (χ3v) is 11.8. The molecular formula is C35H40N8O7S. The summed E-state index contributed by atoms with van der Waals surface area (Å²) >= 11 is 0. The highest BCUT2D eigenvalue weighted by Crippen LogP contribution is 2.49. The van der Waals surface area contributed by atoms with Gasteiger partial charge in [0.15, 0.2) is 10.6 Å². The van der Waals surface area contributed by atoms with Gasteiger partial charge in [0.2, 0.25) is 5.88 Å². The normalized spacial score (nSPS) is 21.9. The molecule has 268 valence electrons. The van der Waals surface area contributed by atoms with Crippen LogP contribution in [0, 0.1) is 11.3 Å². The number of hydrogen-bond donors (Lipinski definition) is 1. The first-order valence-electron chi connectivity index (χ1n) is 17.1. The summed E-state index contributed by atoms with van der Waals surface area (Å²) < 4.78 is 45.6. The molecule has 0 bridgehead atoms. The number of nitrogens with one attached hydrogen (secondary N) is 1. The molecule has 0 radical (unpaired) electrons. The van der Waals surface area contributed by atoms with Crippen LogP contribution in [0.1, 0.15) is 36.5 Å². The second kappa shape index (κ2) is 14.1. The van der Waals surface area contributed by atoms with Crippen molar-refractivity contribution in [2.45, 2.75) is 42.4 Å². The van der Waals surface area contributed by atoms with Gasteiger partial charge >= 0.3 is 6.03 Å². The maximum absolute atomic E-state index is 15.0. The van der Waals surface area contributed by atoms with E-state index in [2.05, 4.69) is 31.2 Å². The molecule has 0 spiro atoms. The van der Waals surface area contributed by atoms with E-state index in [1.807, 2.05) is 0 Å². The molecule has 15 nitrogen and oxygen atoms in total. The quantitative estimate of drug-likeness (QED) is 0.342. The van der Waals surface area contributed by atoms with Gasteiger partial charge in [0.25, 0.3) is 15.9 Å². The Labute approximate surface area is 296 Å². The number of benzene rings is 1. The number of hydrogen-bond acceptors (Lipinski definition) is 12. The Morgan fingerprint density at radius 3 is 2.39 bits per heavy atom. The molecule has 7 rings (SSSR count). The van der Waals surface area contributed by atoms with Crippen LogP contribution in [0.25, 0.3) is 0 Å². The maximum Gasteiger partial charge on any atom is 0.318 e. The van der Waals surface area contributed by atoms with Crippen molar-refractivity contribution in [2.24, 2.45) is 0 Å². The van der Waals surface area contributed by atoms with E-state index in [-0.39, 0.29) is 34.9 Å². The minimum absolute atomic E-state index is 0.0344. The van der Waals surface area contributed by atoms with Gasteiger partial charge in [-0.25, -0.2) is 14.8 Å². The number of sulfonamides is 1. The van der Waals surface area contributed by atoms with E-state index in [0.29, 0.717) is 48.3 Å². The Balaban J connectivity index is 1.22. The first kappa shape index (κ1) is 34.6. The van der Waals surface area contributed by atoms with Gasteiger partial charge in [0, 0.05) is 57.1 Å². The zero-order valence-electron chi connectivity index (χ0n) is 28.5. The second-order valence-corrected chi connectivity index (χ2v) is 14.6. The molecule has 3 aromatic rings. The molecule has 1 N–H and O–H groups in total. The summed E-state index contributed by atoms with van der Waals surface area (Å²) in [5.74, 6) is -0.628. The van der Waals surface area contributed by atoms with E-state index in [1.165, 1.54) is 49.8 Å². The number of pyridine rings is 2. The van der Waals surface area contributed by atoms with Crippen molar-refractivity contribution in [2.75, 3.05) is 70.5 Å². The first-order chi connectivity index (χ1) is 24.7. The number of rotatable bonds is 9. The number of piperidine rings is 1. The van der Waals surface area contributed by atoms with Gasteiger partial charge in [-0.1, -0.05) is 0 Å². The molecule has 1 aromatic carbocycles. The number of fused-ring (bicyclic) bond motifs is 1. The van der Waals surface area contributed by atoms with E-state index in [1.54, 1.807) is 24.0 Å². The number of likely N-dealkylation sites (tertiary alicyclic amines) is 1. The molecule has 16 heteroatoms. The number of aromatic nitrogens is 2. The van der Waals surface area contributed by atoms with Crippen molar-refractivity contribution in [3.05, 3.63) is 71.5 Å². The van der Waals surface area contributed by atoms with E-state index < -0.39 is 32.5 Å². The highest BCUT2D eigenvalue weighted by atomic mass is 32.2. The average Bonchev–Trinajstić information content (AvgIpc) is 3.39. The smallest absolute Gasteiger partial charge is 0.318 e. The summed E-state index contributed by atoms with van der Waals surface area (Å²) in [5, 5.41) is 12.5. The SMILES string of the molecule is CCOc1ncccc1[C@]1(NC(=O)N2CCN(C3CCN(C4COC4)CC3)CC2)C(=O)N(S(=O)(=O)c2ccc(OC)cn2)c2ccc(C#N)cc21. The number of ether oxygens (including phenoxy) is 3. The Bertz CT molecular complexity index is 1940. The monoisotopic (exact) mass is 716 g/mol. The van der Waals surface area contributed by atoms with Crippen LogP contribution in [0.15, 0.2) is 59.9 Å². The minimum atomic E-state index is -4.65. The Kier molecular flexibility index (Phi) is 9.55. The predicted octanol–water partition coefficient (Wildman–Crippen LogP) is 1.93. The topological polar surface area (TPSA) is 171 Å². The molecule has 3 fully saturated rings. The van der Waals surface area contributed by atoms with E-state index in [4.69, 9.17) is 14.2 Å².